The van der Waals surface area contributed by atoms with E-state index in [1.54, 1.807) is 6.92 Å². The fraction of sp³-hybridized carbons (Fsp3) is 0.400. The van der Waals surface area contributed by atoms with Crippen molar-refractivity contribution in [2.75, 3.05) is 18.0 Å². The number of fused-ring (bicyclic) bond motifs is 1. The molecule has 1 aromatic carbocycles. The molecule has 1 atom stereocenters. The Morgan fingerprint density at radius 2 is 2.14 bits per heavy atom. The van der Waals surface area contributed by atoms with Gasteiger partial charge in [0.1, 0.15) is 5.82 Å². The van der Waals surface area contributed by atoms with E-state index in [9.17, 15) is 9.59 Å². The number of carbonyl (C=O) groups excluding carboxylic acids is 2. The zero-order valence-electron chi connectivity index (χ0n) is 16.2. The van der Waals surface area contributed by atoms with Gasteiger partial charge in [0.25, 0.3) is 5.91 Å². The summed E-state index contributed by atoms with van der Waals surface area (Å²) < 4.78 is 15.1. The maximum Gasteiger partial charge on any atom is 0.250 e. The van der Waals surface area contributed by atoms with Crippen molar-refractivity contribution in [1.29, 1.82) is 0 Å². The molecular formula is C20H25FN4O2S. The van der Waals surface area contributed by atoms with Gasteiger partial charge in [-0.25, -0.2) is 4.39 Å². The molecule has 8 heteroatoms. The van der Waals surface area contributed by atoms with Crippen LogP contribution in [0.5, 0.6) is 0 Å². The van der Waals surface area contributed by atoms with Crippen LogP contribution in [0.25, 0.3) is 10.9 Å². The summed E-state index contributed by atoms with van der Waals surface area (Å²) in [6, 6.07) is 1.10. The Kier molecular flexibility index (Phi) is 5.69. The van der Waals surface area contributed by atoms with Gasteiger partial charge in [-0.3, -0.25) is 9.59 Å². The summed E-state index contributed by atoms with van der Waals surface area (Å²) >= 11 is 4.12. The smallest absolute Gasteiger partial charge is 0.250 e. The molecule has 0 spiro atoms. The number of nitrogens with zero attached hydrogens (tertiary/aromatic N) is 1. The summed E-state index contributed by atoms with van der Waals surface area (Å²) in [5, 5.41) is 3.63. The van der Waals surface area contributed by atoms with Crippen LogP contribution in [-0.2, 0) is 4.79 Å². The molecule has 1 aromatic heterocycles. The van der Waals surface area contributed by atoms with Gasteiger partial charge in [-0.15, -0.1) is 12.6 Å². The molecule has 6 nitrogen and oxygen atoms in total. The predicted octanol–water partition coefficient (Wildman–Crippen LogP) is 2.94. The summed E-state index contributed by atoms with van der Waals surface area (Å²) in [4.78, 5) is 29.6. The summed E-state index contributed by atoms with van der Waals surface area (Å²) in [6.07, 6.45) is 3.06. The first-order valence-corrected chi connectivity index (χ1v) is 9.67. The normalized spacial score (nSPS) is 17.8. The molecular weight excluding hydrogens is 379 g/mol. The minimum Gasteiger partial charge on any atom is -0.367 e. The van der Waals surface area contributed by atoms with Crippen molar-refractivity contribution in [1.82, 2.24) is 10.3 Å². The first kappa shape index (κ1) is 20.3. The molecule has 4 N–H and O–H groups in total. The number of carbonyl (C=O) groups is 2. The average molecular weight is 405 g/mol. The van der Waals surface area contributed by atoms with Gasteiger partial charge in [-0.05, 0) is 50.1 Å². The average Bonchev–Trinajstić information content (AvgIpc) is 2.89. The zero-order valence-corrected chi connectivity index (χ0v) is 17.1. The molecule has 2 aromatic rings. The SMILES string of the molecule is C/C(S)=C/C(=O)N[C@H]1CCCN(c2c(F)cc(C(N)=O)c3[nH]c(C)c(C)c23)C1. The molecule has 2 amide bonds. The molecule has 1 fully saturated rings. The Morgan fingerprint density at radius 1 is 1.43 bits per heavy atom. The van der Waals surface area contributed by atoms with Crippen molar-refractivity contribution in [3.05, 3.63) is 39.7 Å². The van der Waals surface area contributed by atoms with E-state index in [1.807, 2.05) is 18.7 Å². The lowest BCUT2D eigenvalue weighted by Gasteiger charge is -2.35. The number of piperidine rings is 1. The van der Waals surface area contributed by atoms with Gasteiger partial charge < -0.3 is 20.9 Å². The molecule has 0 bridgehead atoms. The first-order chi connectivity index (χ1) is 13.2. The quantitative estimate of drug-likeness (QED) is 0.466. The van der Waals surface area contributed by atoms with Crippen molar-refractivity contribution >= 4 is 41.0 Å². The highest BCUT2D eigenvalue weighted by Gasteiger charge is 2.28. The number of rotatable bonds is 4. The van der Waals surface area contributed by atoms with Crippen LogP contribution in [0.1, 0.15) is 41.4 Å². The summed E-state index contributed by atoms with van der Waals surface area (Å²) in [5.41, 5.74) is 8.34. The van der Waals surface area contributed by atoms with Crippen LogP contribution in [0.15, 0.2) is 17.0 Å². The number of nitrogens with one attached hydrogen (secondary N) is 2. The molecule has 3 rings (SSSR count). The molecule has 1 saturated heterocycles. The van der Waals surface area contributed by atoms with Gasteiger partial charge in [0.2, 0.25) is 5.91 Å². The van der Waals surface area contributed by atoms with Crippen molar-refractivity contribution < 1.29 is 14.0 Å². The summed E-state index contributed by atoms with van der Waals surface area (Å²) in [7, 11) is 0. The molecule has 150 valence electrons. The lowest BCUT2D eigenvalue weighted by atomic mass is 10.0. The second-order valence-corrected chi connectivity index (χ2v) is 8.03. The van der Waals surface area contributed by atoms with Gasteiger partial charge >= 0.3 is 0 Å². The van der Waals surface area contributed by atoms with E-state index >= 15 is 4.39 Å². The number of hydrogen-bond donors (Lipinski definition) is 4. The molecule has 1 aliphatic rings. The highest BCUT2D eigenvalue weighted by molar-refractivity contribution is 7.84. The number of aryl methyl sites for hydroxylation is 2. The first-order valence-electron chi connectivity index (χ1n) is 9.23. The van der Waals surface area contributed by atoms with E-state index in [0.717, 1.165) is 24.1 Å². The van der Waals surface area contributed by atoms with E-state index in [0.29, 0.717) is 34.6 Å². The minimum atomic E-state index is -0.672. The van der Waals surface area contributed by atoms with Gasteiger partial charge in [0, 0.05) is 36.3 Å². The van der Waals surface area contributed by atoms with Crippen LogP contribution >= 0.6 is 12.6 Å². The Labute approximate surface area is 168 Å². The topological polar surface area (TPSA) is 91.2 Å². The predicted molar refractivity (Wildman–Crippen MR) is 112 cm³/mol. The zero-order chi connectivity index (χ0) is 20.6. The van der Waals surface area contributed by atoms with Crippen LogP contribution in [0.2, 0.25) is 0 Å². The van der Waals surface area contributed by atoms with Crippen molar-refractivity contribution in [2.45, 2.75) is 39.7 Å². The lowest BCUT2D eigenvalue weighted by Crippen LogP contribution is -2.47. The Morgan fingerprint density at radius 3 is 2.79 bits per heavy atom. The molecule has 0 radical (unpaired) electrons. The summed E-state index contributed by atoms with van der Waals surface area (Å²) in [5.74, 6) is -1.36. The number of hydrogen-bond acceptors (Lipinski definition) is 4. The van der Waals surface area contributed by atoms with Crippen LogP contribution < -0.4 is 16.0 Å². The monoisotopic (exact) mass is 404 g/mol. The molecule has 0 aliphatic carbocycles. The number of thiol groups is 1. The third-order valence-corrected chi connectivity index (χ3v) is 5.32. The molecule has 1 aliphatic heterocycles. The van der Waals surface area contributed by atoms with Crippen molar-refractivity contribution in [3.8, 4) is 0 Å². The molecule has 28 heavy (non-hydrogen) atoms. The number of aromatic nitrogens is 1. The van der Waals surface area contributed by atoms with E-state index < -0.39 is 11.7 Å². The maximum absolute atomic E-state index is 15.1. The van der Waals surface area contributed by atoms with Gasteiger partial charge in [0.05, 0.1) is 16.8 Å². The van der Waals surface area contributed by atoms with E-state index in [-0.39, 0.29) is 17.5 Å². The van der Waals surface area contributed by atoms with Crippen molar-refractivity contribution in [3.63, 3.8) is 0 Å². The van der Waals surface area contributed by atoms with Gasteiger partial charge in [-0.2, -0.15) is 0 Å². The Hall–Kier alpha value is -2.48. The van der Waals surface area contributed by atoms with Crippen molar-refractivity contribution in [2.24, 2.45) is 5.73 Å². The highest BCUT2D eigenvalue weighted by atomic mass is 32.1. The van der Waals surface area contributed by atoms with Crippen LogP contribution in [-0.4, -0.2) is 35.9 Å². The lowest BCUT2D eigenvalue weighted by molar-refractivity contribution is -0.117. The molecule has 0 unspecified atom stereocenters. The Bertz CT molecular complexity index is 978. The number of nitrogens with two attached hydrogens (primary N) is 1. The maximum atomic E-state index is 15.1. The fourth-order valence-corrected chi connectivity index (χ4v) is 3.95. The van der Waals surface area contributed by atoms with Gasteiger partial charge in [0.15, 0.2) is 0 Å². The van der Waals surface area contributed by atoms with E-state index in [2.05, 4.69) is 22.9 Å². The van der Waals surface area contributed by atoms with E-state index in [1.165, 1.54) is 12.1 Å². The van der Waals surface area contributed by atoms with Crippen LogP contribution in [0.4, 0.5) is 10.1 Å². The third-order valence-electron chi connectivity index (χ3n) is 5.19. The summed E-state index contributed by atoms with van der Waals surface area (Å²) in [6.45, 7) is 6.66. The molecule has 2 heterocycles. The number of aromatic amines is 1. The Balaban J connectivity index is 2.00. The molecule has 0 saturated carbocycles. The van der Waals surface area contributed by atoms with Crippen LogP contribution in [0.3, 0.4) is 0 Å². The minimum absolute atomic E-state index is 0.101. The van der Waals surface area contributed by atoms with E-state index in [4.69, 9.17) is 5.73 Å². The highest BCUT2D eigenvalue weighted by Crippen LogP contribution is 2.37. The number of primary amides is 1. The van der Waals surface area contributed by atoms with Crippen LogP contribution in [0, 0.1) is 19.7 Å². The number of benzene rings is 1. The number of halogens is 1. The fourth-order valence-electron chi connectivity index (χ4n) is 3.84. The number of anilines is 1. The standard InChI is InChI=1S/C20H25FN4O2S/c1-10(28)7-16(26)24-13-5-4-6-25(9-13)19-15(21)8-14(20(22)27)18-17(19)11(2)12(3)23-18/h7-8,13,23,28H,4-6,9H2,1-3H3,(H2,22,27)(H,24,26)/b10-7-/t13-/m0/s1. The number of allylic oxidation sites excluding steroid dienone is 1. The largest absolute Gasteiger partial charge is 0.367 e. The number of H-pyrrole nitrogens is 1. The number of amides is 2. The second kappa shape index (κ2) is 7.87. The third kappa shape index (κ3) is 3.87. The second-order valence-electron chi connectivity index (χ2n) is 7.32. The van der Waals surface area contributed by atoms with Gasteiger partial charge in [-0.1, -0.05) is 0 Å².